The summed E-state index contributed by atoms with van der Waals surface area (Å²) in [6, 6.07) is 0.301. The lowest BCUT2D eigenvalue weighted by molar-refractivity contribution is -0.121. The van der Waals surface area contributed by atoms with Gasteiger partial charge in [0.05, 0.1) is 12.6 Å². The summed E-state index contributed by atoms with van der Waals surface area (Å²) in [5.74, 6) is 0.220. The Morgan fingerprint density at radius 2 is 1.81 bits per heavy atom. The second kappa shape index (κ2) is 8.53. The van der Waals surface area contributed by atoms with E-state index >= 15 is 0 Å². The van der Waals surface area contributed by atoms with Gasteiger partial charge in [0.2, 0.25) is 5.91 Å². The van der Waals surface area contributed by atoms with Crippen LogP contribution in [-0.2, 0) is 4.79 Å². The molecule has 3 N–H and O–H groups in total. The number of rotatable bonds is 8. The maximum Gasteiger partial charge on any atom is 0.234 e. The van der Waals surface area contributed by atoms with Gasteiger partial charge in [-0.15, -0.1) is 0 Å². The molecule has 0 aliphatic carbocycles. The van der Waals surface area contributed by atoms with Gasteiger partial charge in [0.1, 0.15) is 0 Å². The van der Waals surface area contributed by atoms with Crippen molar-refractivity contribution in [1.29, 1.82) is 0 Å². The fourth-order valence-electron chi connectivity index (χ4n) is 1.58. The summed E-state index contributed by atoms with van der Waals surface area (Å²) in [5, 5.41) is 15.6. The van der Waals surface area contributed by atoms with Gasteiger partial charge in [0.15, 0.2) is 0 Å². The standard InChI is InChI=1S/C12H26N2O2/c1-5-10(6-2)11(15)7-14-12(16)8-13-9(3)4/h9-11,13,15H,5-8H2,1-4H3,(H,14,16). The van der Waals surface area contributed by atoms with Crippen molar-refractivity contribution in [3.63, 3.8) is 0 Å². The minimum Gasteiger partial charge on any atom is -0.391 e. The van der Waals surface area contributed by atoms with Gasteiger partial charge in [-0.25, -0.2) is 0 Å². The van der Waals surface area contributed by atoms with Crippen molar-refractivity contribution in [3.8, 4) is 0 Å². The van der Waals surface area contributed by atoms with Gasteiger partial charge in [-0.1, -0.05) is 40.5 Å². The molecule has 0 aliphatic rings. The van der Waals surface area contributed by atoms with Crippen molar-refractivity contribution in [2.75, 3.05) is 13.1 Å². The summed E-state index contributed by atoms with van der Waals surface area (Å²) < 4.78 is 0. The van der Waals surface area contributed by atoms with Crippen molar-refractivity contribution in [2.45, 2.75) is 52.7 Å². The average molecular weight is 230 g/mol. The lowest BCUT2D eigenvalue weighted by Crippen LogP contribution is -2.41. The SMILES string of the molecule is CCC(CC)C(O)CNC(=O)CNC(C)C. The first kappa shape index (κ1) is 15.4. The predicted molar refractivity (Wildman–Crippen MR) is 66.2 cm³/mol. The molecular weight excluding hydrogens is 204 g/mol. The quantitative estimate of drug-likeness (QED) is 0.580. The van der Waals surface area contributed by atoms with E-state index in [0.29, 0.717) is 19.1 Å². The highest BCUT2D eigenvalue weighted by Gasteiger charge is 2.15. The van der Waals surface area contributed by atoms with Crippen LogP contribution in [0.3, 0.4) is 0 Å². The molecule has 1 atom stereocenters. The van der Waals surface area contributed by atoms with E-state index in [1.54, 1.807) is 0 Å². The topological polar surface area (TPSA) is 61.4 Å². The van der Waals surface area contributed by atoms with E-state index in [2.05, 4.69) is 24.5 Å². The van der Waals surface area contributed by atoms with Crippen LogP contribution in [0.15, 0.2) is 0 Å². The number of nitrogens with one attached hydrogen (secondary N) is 2. The van der Waals surface area contributed by atoms with Crippen molar-refractivity contribution >= 4 is 5.91 Å². The molecule has 4 nitrogen and oxygen atoms in total. The Bertz CT molecular complexity index is 191. The second-order valence-corrected chi connectivity index (χ2v) is 4.48. The van der Waals surface area contributed by atoms with Crippen LogP contribution in [0.1, 0.15) is 40.5 Å². The van der Waals surface area contributed by atoms with E-state index in [1.165, 1.54) is 0 Å². The lowest BCUT2D eigenvalue weighted by atomic mass is 9.96. The van der Waals surface area contributed by atoms with Gasteiger partial charge in [0, 0.05) is 12.6 Å². The fraction of sp³-hybridized carbons (Fsp3) is 0.917. The molecule has 0 aromatic rings. The van der Waals surface area contributed by atoms with Gasteiger partial charge in [0.25, 0.3) is 0 Å². The zero-order chi connectivity index (χ0) is 12.6. The lowest BCUT2D eigenvalue weighted by Gasteiger charge is -2.20. The molecule has 0 heterocycles. The molecule has 0 saturated carbocycles. The van der Waals surface area contributed by atoms with E-state index < -0.39 is 6.10 Å². The van der Waals surface area contributed by atoms with Crippen LogP contribution in [0.4, 0.5) is 0 Å². The minimum atomic E-state index is -0.432. The van der Waals surface area contributed by atoms with E-state index in [-0.39, 0.29) is 11.8 Å². The van der Waals surface area contributed by atoms with Crippen LogP contribution in [-0.4, -0.2) is 36.2 Å². The van der Waals surface area contributed by atoms with Gasteiger partial charge >= 0.3 is 0 Å². The summed E-state index contributed by atoms with van der Waals surface area (Å²) in [6.45, 7) is 8.76. The van der Waals surface area contributed by atoms with E-state index in [9.17, 15) is 9.90 Å². The maximum absolute atomic E-state index is 11.4. The molecule has 0 fully saturated rings. The first-order valence-corrected chi connectivity index (χ1v) is 6.19. The maximum atomic E-state index is 11.4. The number of hydrogen-bond donors (Lipinski definition) is 3. The number of aliphatic hydroxyl groups is 1. The van der Waals surface area contributed by atoms with Crippen molar-refractivity contribution in [1.82, 2.24) is 10.6 Å². The molecule has 0 radical (unpaired) electrons. The Kier molecular flexibility index (Phi) is 8.21. The number of carbonyl (C=O) groups is 1. The summed E-state index contributed by atoms with van der Waals surface area (Å²) >= 11 is 0. The molecule has 1 unspecified atom stereocenters. The molecule has 0 saturated heterocycles. The van der Waals surface area contributed by atoms with Crippen LogP contribution >= 0.6 is 0 Å². The zero-order valence-corrected chi connectivity index (χ0v) is 10.9. The predicted octanol–water partition coefficient (Wildman–Crippen LogP) is 0.898. The van der Waals surface area contributed by atoms with E-state index in [0.717, 1.165) is 12.8 Å². The van der Waals surface area contributed by atoms with Gasteiger partial charge < -0.3 is 15.7 Å². The molecule has 0 spiro atoms. The third kappa shape index (κ3) is 6.80. The Morgan fingerprint density at radius 3 is 2.25 bits per heavy atom. The average Bonchev–Trinajstić information content (AvgIpc) is 2.25. The Balaban J connectivity index is 3.73. The van der Waals surface area contributed by atoms with Gasteiger partial charge in [-0.3, -0.25) is 4.79 Å². The van der Waals surface area contributed by atoms with Crippen LogP contribution in [0.25, 0.3) is 0 Å². The Labute approximate surface area is 98.8 Å². The van der Waals surface area contributed by atoms with Crippen LogP contribution in [0.2, 0.25) is 0 Å². The molecule has 16 heavy (non-hydrogen) atoms. The molecule has 0 aliphatic heterocycles. The number of aliphatic hydroxyl groups excluding tert-OH is 1. The fourth-order valence-corrected chi connectivity index (χ4v) is 1.58. The smallest absolute Gasteiger partial charge is 0.234 e. The van der Waals surface area contributed by atoms with Crippen molar-refractivity contribution in [2.24, 2.45) is 5.92 Å². The zero-order valence-electron chi connectivity index (χ0n) is 10.9. The summed E-state index contributed by atoms with van der Waals surface area (Å²) in [5.41, 5.74) is 0. The third-order valence-electron chi connectivity index (χ3n) is 2.77. The van der Waals surface area contributed by atoms with Crippen LogP contribution < -0.4 is 10.6 Å². The van der Waals surface area contributed by atoms with E-state index in [1.807, 2.05) is 13.8 Å². The third-order valence-corrected chi connectivity index (χ3v) is 2.77. The summed E-state index contributed by atoms with van der Waals surface area (Å²) in [4.78, 5) is 11.4. The first-order valence-electron chi connectivity index (χ1n) is 6.19. The first-order chi connectivity index (χ1) is 7.51. The molecule has 0 aromatic carbocycles. The molecule has 4 heteroatoms. The summed E-state index contributed by atoms with van der Waals surface area (Å²) in [7, 11) is 0. The Hall–Kier alpha value is -0.610. The molecule has 0 aromatic heterocycles. The largest absolute Gasteiger partial charge is 0.391 e. The van der Waals surface area contributed by atoms with E-state index in [4.69, 9.17) is 0 Å². The Morgan fingerprint density at radius 1 is 1.25 bits per heavy atom. The molecule has 1 amide bonds. The highest BCUT2D eigenvalue weighted by Crippen LogP contribution is 2.11. The normalized spacial score (nSPS) is 13.2. The monoisotopic (exact) mass is 230 g/mol. The number of amides is 1. The molecule has 0 bridgehead atoms. The number of carbonyl (C=O) groups excluding carboxylic acids is 1. The van der Waals surface area contributed by atoms with Crippen molar-refractivity contribution < 1.29 is 9.90 Å². The second-order valence-electron chi connectivity index (χ2n) is 4.48. The molecule has 96 valence electrons. The highest BCUT2D eigenvalue weighted by atomic mass is 16.3. The van der Waals surface area contributed by atoms with Crippen molar-refractivity contribution in [3.05, 3.63) is 0 Å². The number of hydrogen-bond acceptors (Lipinski definition) is 3. The molecule has 0 rings (SSSR count). The van der Waals surface area contributed by atoms with Gasteiger partial charge in [-0.05, 0) is 5.92 Å². The summed E-state index contributed by atoms with van der Waals surface area (Å²) in [6.07, 6.45) is 1.45. The van der Waals surface area contributed by atoms with Gasteiger partial charge in [-0.2, -0.15) is 0 Å². The highest BCUT2D eigenvalue weighted by molar-refractivity contribution is 5.78. The van der Waals surface area contributed by atoms with Crippen LogP contribution in [0.5, 0.6) is 0 Å². The van der Waals surface area contributed by atoms with Crippen LogP contribution in [0, 0.1) is 5.92 Å². The molecular formula is C12H26N2O2. The minimum absolute atomic E-state index is 0.0568.